The van der Waals surface area contributed by atoms with Gasteiger partial charge in [-0.2, -0.15) is 0 Å². The van der Waals surface area contributed by atoms with E-state index in [1.807, 2.05) is 0 Å². The summed E-state index contributed by atoms with van der Waals surface area (Å²) in [7, 11) is 0. The molecule has 0 radical (unpaired) electrons. The minimum atomic E-state index is -1.60. The molecule has 53 heavy (non-hydrogen) atoms. The first-order chi connectivity index (χ1) is 24.6. The molecule has 0 aromatic rings. The van der Waals surface area contributed by atoms with Gasteiger partial charge in [0.25, 0.3) is 0 Å². The van der Waals surface area contributed by atoms with Crippen molar-refractivity contribution >= 4 is 0 Å². The lowest BCUT2D eigenvalue weighted by molar-refractivity contribution is -0.356. The Kier molecular flexibility index (Phi) is 10.4. The van der Waals surface area contributed by atoms with E-state index in [0.717, 1.165) is 25.7 Å². The second-order valence-electron chi connectivity index (χ2n) is 20.3. The standard InChI is InChI=1S/C40H68O13/c1-19(8-9-25(45)36(4,5)49)27-21(42)15-38(7)24-14-20(41)32-35(2,3)26(10-11-40(32)18-39(24,40)13-12-37(27,38)6)52-34-31(29(47)23(44)17-51-34)53-33-30(48)28(46)22(43)16-50-33/h19-34,41-49H,8-18H2,1-7H3/t19-,20+,21-,22+,23-,24+,25-,26+,27-,28+,29+,30-,31+,32-,33+,34+,37+,38+,39+,40-/m1/s1. The lowest BCUT2D eigenvalue weighted by Crippen LogP contribution is -2.63. The summed E-state index contributed by atoms with van der Waals surface area (Å²) in [6, 6.07) is 0. The molecule has 9 N–H and O–H groups in total. The number of ether oxygens (including phenoxy) is 4. The van der Waals surface area contributed by atoms with E-state index < -0.39 is 84.6 Å². The van der Waals surface area contributed by atoms with Gasteiger partial charge in [-0.05, 0) is 122 Å². The molecule has 2 spiro atoms. The van der Waals surface area contributed by atoms with Crippen molar-refractivity contribution in [3.63, 3.8) is 0 Å². The Balaban J connectivity index is 1.09. The molecular formula is C40H68O13. The Morgan fingerprint density at radius 2 is 1.38 bits per heavy atom. The third kappa shape index (κ3) is 6.04. The van der Waals surface area contributed by atoms with Gasteiger partial charge in [0, 0.05) is 0 Å². The SMILES string of the molecule is C[C@H](CC[C@@H](O)C(C)(C)O)[C@@H]1[C@H](O)C[C@@]2(C)[C@@H]3C[C@H](O)[C@@H]4C(C)(C)[C@@H](O[C@@H]5OC[C@@H](O)[C@H](O)[C@@H]5O[C@@H]5OC[C@H](O)[C@H](O)[C@H]5O)CC[C@@]45C[C@@]35CC[C@@]12C. The van der Waals surface area contributed by atoms with E-state index in [4.69, 9.17) is 18.9 Å². The third-order valence-electron chi connectivity index (χ3n) is 16.9. The topological polar surface area (TPSA) is 219 Å². The number of hydrogen-bond acceptors (Lipinski definition) is 13. The van der Waals surface area contributed by atoms with Gasteiger partial charge >= 0.3 is 0 Å². The van der Waals surface area contributed by atoms with Crippen LogP contribution in [-0.2, 0) is 18.9 Å². The highest BCUT2D eigenvalue weighted by Gasteiger charge is 2.84. The molecule has 5 aliphatic carbocycles. The van der Waals surface area contributed by atoms with Crippen LogP contribution in [0, 0.1) is 50.7 Å². The van der Waals surface area contributed by atoms with Crippen LogP contribution in [0.2, 0.25) is 0 Å². The minimum Gasteiger partial charge on any atom is -0.393 e. The van der Waals surface area contributed by atoms with E-state index >= 15 is 0 Å². The van der Waals surface area contributed by atoms with E-state index in [9.17, 15) is 46.0 Å². The lowest BCUT2D eigenvalue weighted by atomic mass is 9.41. The molecule has 0 aromatic carbocycles. The maximum absolute atomic E-state index is 12.3. The van der Waals surface area contributed by atoms with Crippen molar-refractivity contribution < 1.29 is 64.9 Å². The Labute approximate surface area is 314 Å². The van der Waals surface area contributed by atoms with Crippen molar-refractivity contribution in [1.29, 1.82) is 0 Å². The van der Waals surface area contributed by atoms with E-state index in [0.29, 0.717) is 32.1 Å². The number of aliphatic hydroxyl groups is 9. The molecule has 0 aromatic heterocycles. The molecular weight excluding hydrogens is 688 g/mol. The molecule has 7 fully saturated rings. The largest absolute Gasteiger partial charge is 0.393 e. The Morgan fingerprint density at radius 3 is 2.04 bits per heavy atom. The summed E-state index contributed by atoms with van der Waals surface area (Å²) >= 11 is 0. The maximum Gasteiger partial charge on any atom is 0.186 e. The fraction of sp³-hybridized carbons (Fsp3) is 1.00. The molecule has 2 aliphatic heterocycles. The second kappa shape index (κ2) is 13.5. The average molecular weight is 757 g/mol. The first kappa shape index (κ1) is 40.7. The summed E-state index contributed by atoms with van der Waals surface area (Å²) in [5.41, 5.74) is -2.05. The van der Waals surface area contributed by atoms with Crippen LogP contribution in [0.4, 0.5) is 0 Å². The van der Waals surface area contributed by atoms with E-state index in [1.54, 1.807) is 13.8 Å². The normalized spacial score (nSPS) is 54.6. The molecule has 7 rings (SSSR count). The van der Waals surface area contributed by atoms with Crippen LogP contribution in [-0.4, -0.2) is 138 Å². The molecule has 13 heteroatoms. The molecule has 306 valence electrons. The maximum atomic E-state index is 12.3. The first-order valence-electron chi connectivity index (χ1n) is 20.3. The smallest absolute Gasteiger partial charge is 0.186 e. The summed E-state index contributed by atoms with van der Waals surface area (Å²) in [4.78, 5) is 0. The van der Waals surface area contributed by atoms with Gasteiger partial charge in [0.15, 0.2) is 12.6 Å². The van der Waals surface area contributed by atoms with Crippen molar-refractivity contribution in [2.24, 2.45) is 50.7 Å². The van der Waals surface area contributed by atoms with Crippen molar-refractivity contribution in [2.45, 2.75) is 185 Å². The van der Waals surface area contributed by atoms with Crippen LogP contribution in [0.25, 0.3) is 0 Å². The van der Waals surface area contributed by atoms with Crippen molar-refractivity contribution in [1.82, 2.24) is 0 Å². The fourth-order valence-electron chi connectivity index (χ4n) is 13.9. The average Bonchev–Trinajstić information content (AvgIpc) is 3.66. The predicted octanol–water partition coefficient (Wildman–Crippen LogP) is 1.20. The summed E-state index contributed by atoms with van der Waals surface area (Å²) in [5.74, 6) is 0.384. The van der Waals surface area contributed by atoms with Crippen LogP contribution >= 0.6 is 0 Å². The van der Waals surface area contributed by atoms with Gasteiger partial charge in [-0.3, -0.25) is 0 Å². The molecule has 2 saturated heterocycles. The van der Waals surface area contributed by atoms with Gasteiger partial charge in [-0.25, -0.2) is 0 Å². The first-order valence-corrected chi connectivity index (χ1v) is 20.3. The van der Waals surface area contributed by atoms with Crippen LogP contribution in [0.1, 0.15) is 106 Å². The number of hydrogen-bond donors (Lipinski definition) is 9. The molecule has 20 atom stereocenters. The van der Waals surface area contributed by atoms with Crippen LogP contribution in [0.3, 0.4) is 0 Å². The molecule has 0 unspecified atom stereocenters. The van der Waals surface area contributed by atoms with Gasteiger partial charge in [0.2, 0.25) is 0 Å². The van der Waals surface area contributed by atoms with Gasteiger partial charge in [-0.15, -0.1) is 0 Å². The zero-order valence-corrected chi connectivity index (χ0v) is 32.7. The highest BCUT2D eigenvalue weighted by atomic mass is 16.7. The van der Waals surface area contributed by atoms with Crippen molar-refractivity contribution in [3.8, 4) is 0 Å². The van der Waals surface area contributed by atoms with E-state index in [2.05, 4.69) is 34.6 Å². The third-order valence-corrected chi connectivity index (χ3v) is 16.9. The molecule has 7 aliphatic rings. The summed E-state index contributed by atoms with van der Waals surface area (Å²) in [6.45, 7) is 14.0. The molecule has 13 nitrogen and oxygen atoms in total. The quantitative estimate of drug-likeness (QED) is 0.151. The summed E-state index contributed by atoms with van der Waals surface area (Å²) < 4.78 is 24.0. The summed E-state index contributed by atoms with van der Waals surface area (Å²) in [5, 5.41) is 97.2. The monoisotopic (exact) mass is 756 g/mol. The van der Waals surface area contributed by atoms with Crippen LogP contribution in [0.15, 0.2) is 0 Å². The van der Waals surface area contributed by atoms with E-state index in [1.165, 1.54) is 0 Å². The Bertz CT molecular complexity index is 1340. The minimum absolute atomic E-state index is 0.0511. The highest BCUT2D eigenvalue weighted by Crippen LogP contribution is 2.89. The van der Waals surface area contributed by atoms with Gasteiger partial charge in [0.05, 0.1) is 43.2 Å². The number of aliphatic hydroxyl groups excluding tert-OH is 8. The molecule has 0 bridgehead atoms. The van der Waals surface area contributed by atoms with Gasteiger partial charge in [0.1, 0.15) is 36.6 Å². The summed E-state index contributed by atoms with van der Waals surface area (Å²) in [6.07, 6.45) is -6.14. The molecule has 2 heterocycles. The van der Waals surface area contributed by atoms with E-state index in [-0.39, 0.29) is 58.5 Å². The molecule has 0 amide bonds. The number of fused-ring (bicyclic) bond motifs is 2. The molecule has 5 saturated carbocycles. The fourth-order valence-corrected chi connectivity index (χ4v) is 13.9. The highest BCUT2D eigenvalue weighted by molar-refractivity contribution is 5.32. The Hall–Kier alpha value is -0.520. The van der Waals surface area contributed by atoms with Gasteiger partial charge in [-0.1, -0.05) is 34.6 Å². The van der Waals surface area contributed by atoms with Crippen molar-refractivity contribution in [3.05, 3.63) is 0 Å². The second-order valence-corrected chi connectivity index (χ2v) is 20.3. The van der Waals surface area contributed by atoms with Crippen molar-refractivity contribution in [2.75, 3.05) is 13.2 Å². The zero-order valence-electron chi connectivity index (χ0n) is 32.7. The van der Waals surface area contributed by atoms with Crippen LogP contribution < -0.4 is 0 Å². The van der Waals surface area contributed by atoms with Crippen LogP contribution in [0.5, 0.6) is 0 Å². The zero-order chi connectivity index (χ0) is 38.8. The van der Waals surface area contributed by atoms with Gasteiger partial charge < -0.3 is 64.9 Å². The lowest BCUT2D eigenvalue weighted by Gasteiger charge is -2.64. The Morgan fingerprint density at radius 1 is 0.736 bits per heavy atom. The predicted molar refractivity (Wildman–Crippen MR) is 190 cm³/mol. The number of rotatable bonds is 9.